The van der Waals surface area contributed by atoms with Crippen LogP contribution in [0.4, 0.5) is 0 Å². The first-order valence-electron chi connectivity index (χ1n) is 14.7. The van der Waals surface area contributed by atoms with Crippen LogP contribution in [-0.2, 0) is 28.6 Å². The predicted octanol–water partition coefficient (Wildman–Crippen LogP) is 6.53. The topological polar surface area (TPSA) is 78.9 Å². The van der Waals surface area contributed by atoms with Crippen molar-refractivity contribution in [3.63, 3.8) is 0 Å². The standard InChI is InChI=1S/C32H50O6/c1-20-10-13-26-30(7,17-14-24(34)28(3,4)37-26)22(20)11-12-23-31(8)18-15-25(35)29(5,6)38-27(31)16-19-32(23,9)36-21(2)33/h22-23,26-27H,1,10-19H2,2-9H3/t22?,23-,26-,27?,30?,31-,32+/m0/s1. The number of hydrogen-bond acceptors (Lipinski definition) is 6. The van der Waals surface area contributed by atoms with Gasteiger partial charge in [-0.05, 0) is 91.9 Å². The number of esters is 1. The van der Waals surface area contributed by atoms with Crippen molar-refractivity contribution in [3.8, 4) is 0 Å². The summed E-state index contributed by atoms with van der Waals surface area (Å²) in [5.74, 6) is 0.280. The summed E-state index contributed by atoms with van der Waals surface area (Å²) in [6.45, 7) is 20.2. The van der Waals surface area contributed by atoms with Crippen molar-refractivity contribution in [1.82, 2.24) is 0 Å². The van der Waals surface area contributed by atoms with E-state index < -0.39 is 16.8 Å². The van der Waals surface area contributed by atoms with Crippen molar-refractivity contribution < 1.29 is 28.6 Å². The minimum atomic E-state index is -0.808. The molecule has 2 aliphatic heterocycles. The van der Waals surface area contributed by atoms with Crippen molar-refractivity contribution in [2.75, 3.05) is 0 Å². The van der Waals surface area contributed by atoms with Gasteiger partial charge < -0.3 is 14.2 Å². The molecule has 0 aromatic heterocycles. The predicted molar refractivity (Wildman–Crippen MR) is 147 cm³/mol. The molecular formula is C32H50O6. The fourth-order valence-corrected chi connectivity index (χ4v) is 8.58. The molecule has 6 nitrogen and oxygen atoms in total. The maximum atomic E-state index is 13.0. The van der Waals surface area contributed by atoms with Crippen molar-refractivity contribution in [1.29, 1.82) is 0 Å². The molecule has 0 amide bonds. The van der Waals surface area contributed by atoms with Crippen molar-refractivity contribution in [2.45, 2.75) is 149 Å². The minimum absolute atomic E-state index is 0.00799. The van der Waals surface area contributed by atoms with Crippen LogP contribution in [0.15, 0.2) is 12.2 Å². The SMILES string of the molecule is C=C1CC[C@@H]2OC(C)(C)C(=O)CCC2(C)C1CC[C@@H]1[C@](C)(OC(C)=O)CCC2OC(C)(C)C(=O)CC[C@]21C. The smallest absolute Gasteiger partial charge is 0.303 e. The number of rotatable bonds is 4. The van der Waals surface area contributed by atoms with Crippen LogP contribution in [0, 0.1) is 22.7 Å². The fourth-order valence-electron chi connectivity index (χ4n) is 8.58. The lowest BCUT2D eigenvalue weighted by Gasteiger charge is -2.56. The van der Waals surface area contributed by atoms with Gasteiger partial charge in [0, 0.05) is 36.5 Å². The normalized spacial score (nSPS) is 42.9. The molecule has 0 spiro atoms. The van der Waals surface area contributed by atoms with Crippen LogP contribution in [0.5, 0.6) is 0 Å². The highest BCUT2D eigenvalue weighted by molar-refractivity contribution is 5.87. The fraction of sp³-hybridized carbons (Fsp3) is 0.844. The van der Waals surface area contributed by atoms with E-state index in [1.165, 1.54) is 12.5 Å². The first kappa shape index (κ1) is 29.5. The monoisotopic (exact) mass is 530 g/mol. The number of ether oxygens (including phenoxy) is 3. The third kappa shape index (κ3) is 5.05. The van der Waals surface area contributed by atoms with E-state index in [1.54, 1.807) is 0 Å². The second-order valence-electron chi connectivity index (χ2n) is 14.4. The van der Waals surface area contributed by atoms with E-state index in [4.69, 9.17) is 14.2 Å². The number of Topliss-reactive ketones (excluding diaryl/α,β-unsaturated/α-hetero) is 2. The molecule has 6 heteroatoms. The molecule has 0 aromatic carbocycles. The Morgan fingerprint density at radius 1 is 0.816 bits per heavy atom. The molecule has 0 N–H and O–H groups in total. The number of hydrogen-bond donors (Lipinski definition) is 0. The van der Waals surface area contributed by atoms with Gasteiger partial charge in [-0.15, -0.1) is 0 Å². The van der Waals surface area contributed by atoms with Crippen molar-refractivity contribution in [3.05, 3.63) is 12.2 Å². The minimum Gasteiger partial charge on any atom is -0.459 e. The summed E-state index contributed by atoms with van der Waals surface area (Å²) in [5, 5.41) is 0. The number of fused-ring (bicyclic) bond motifs is 2. The second-order valence-corrected chi connectivity index (χ2v) is 14.4. The van der Waals surface area contributed by atoms with Crippen molar-refractivity contribution in [2.24, 2.45) is 22.7 Å². The van der Waals surface area contributed by atoms with Gasteiger partial charge in [0.15, 0.2) is 11.6 Å². The average molecular weight is 531 g/mol. The summed E-state index contributed by atoms with van der Waals surface area (Å²) in [5.41, 5.74) is -1.45. The Labute approximate surface area is 229 Å². The summed E-state index contributed by atoms with van der Waals surface area (Å²) in [6, 6.07) is 0. The summed E-state index contributed by atoms with van der Waals surface area (Å²) in [7, 11) is 0. The van der Waals surface area contributed by atoms with Crippen LogP contribution in [0.25, 0.3) is 0 Å². The lowest BCUT2D eigenvalue weighted by molar-refractivity contribution is -0.212. The second kappa shape index (κ2) is 9.83. The Bertz CT molecular complexity index is 996. The first-order valence-corrected chi connectivity index (χ1v) is 14.7. The molecule has 2 saturated heterocycles. The van der Waals surface area contributed by atoms with Gasteiger partial charge in [-0.1, -0.05) is 26.0 Å². The zero-order valence-corrected chi connectivity index (χ0v) is 25.0. The van der Waals surface area contributed by atoms with E-state index in [0.717, 1.165) is 44.9 Å². The number of carbonyl (C=O) groups is 3. The molecule has 4 aliphatic rings. The Morgan fingerprint density at radius 3 is 1.89 bits per heavy atom. The van der Waals surface area contributed by atoms with Gasteiger partial charge in [-0.25, -0.2) is 0 Å². The molecule has 4 rings (SSSR count). The Hall–Kier alpha value is -1.53. The Balaban J connectivity index is 1.66. The molecule has 3 unspecified atom stereocenters. The van der Waals surface area contributed by atoms with Gasteiger partial charge in [0.2, 0.25) is 0 Å². The van der Waals surface area contributed by atoms with Gasteiger partial charge in [0.05, 0.1) is 12.2 Å². The molecule has 214 valence electrons. The van der Waals surface area contributed by atoms with Crippen LogP contribution in [-0.4, -0.2) is 46.5 Å². The number of carbonyl (C=O) groups excluding carboxylic acids is 3. The van der Waals surface area contributed by atoms with E-state index in [9.17, 15) is 14.4 Å². The number of allylic oxidation sites excluding steroid dienone is 1. The highest BCUT2D eigenvalue weighted by atomic mass is 16.6. The van der Waals surface area contributed by atoms with Crippen LogP contribution < -0.4 is 0 Å². The third-order valence-electron chi connectivity index (χ3n) is 11.0. The summed E-state index contributed by atoms with van der Waals surface area (Å²) in [6.07, 6.45) is 7.39. The highest BCUT2D eigenvalue weighted by Crippen LogP contribution is 2.58. The van der Waals surface area contributed by atoms with E-state index in [-0.39, 0.29) is 52.4 Å². The summed E-state index contributed by atoms with van der Waals surface area (Å²) < 4.78 is 19.2. The average Bonchev–Trinajstić information content (AvgIpc) is 2.95. The molecule has 2 aliphatic carbocycles. The van der Waals surface area contributed by atoms with E-state index in [0.29, 0.717) is 19.3 Å². The molecule has 7 atom stereocenters. The first-order chi connectivity index (χ1) is 17.4. The number of ketones is 2. The zero-order valence-electron chi connectivity index (χ0n) is 25.0. The molecule has 2 saturated carbocycles. The largest absolute Gasteiger partial charge is 0.459 e. The van der Waals surface area contributed by atoms with Gasteiger partial charge in [-0.3, -0.25) is 14.4 Å². The van der Waals surface area contributed by atoms with E-state index >= 15 is 0 Å². The molecule has 4 fully saturated rings. The Kier molecular flexibility index (Phi) is 7.62. The van der Waals surface area contributed by atoms with Crippen LogP contribution in [0.3, 0.4) is 0 Å². The third-order valence-corrected chi connectivity index (χ3v) is 11.0. The van der Waals surface area contributed by atoms with Gasteiger partial charge in [-0.2, -0.15) is 0 Å². The molecule has 0 radical (unpaired) electrons. The zero-order chi connectivity index (χ0) is 28.3. The van der Waals surface area contributed by atoms with Gasteiger partial charge in [0.25, 0.3) is 0 Å². The van der Waals surface area contributed by atoms with E-state index in [1.807, 2.05) is 27.7 Å². The van der Waals surface area contributed by atoms with Crippen molar-refractivity contribution >= 4 is 17.5 Å². The summed E-state index contributed by atoms with van der Waals surface area (Å²) in [4.78, 5) is 38.1. The maximum absolute atomic E-state index is 13.0. The van der Waals surface area contributed by atoms with E-state index in [2.05, 4.69) is 27.4 Å². The lowest BCUT2D eigenvalue weighted by Crippen LogP contribution is -2.58. The highest BCUT2D eigenvalue weighted by Gasteiger charge is 2.59. The molecule has 38 heavy (non-hydrogen) atoms. The quantitative estimate of drug-likeness (QED) is 0.304. The maximum Gasteiger partial charge on any atom is 0.303 e. The van der Waals surface area contributed by atoms with Crippen LogP contribution in [0.2, 0.25) is 0 Å². The molecular weight excluding hydrogens is 480 g/mol. The molecule has 0 bridgehead atoms. The van der Waals surface area contributed by atoms with Crippen LogP contribution in [0.1, 0.15) is 120 Å². The summed E-state index contributed by atoms with van der Waals surface area (Å²) >= 11 is 0. The Morgan fingerprint density at radius 2 is 1.34 bits per heavy atom. The lowest BCUT2D eigenvalue weighted by atomic mass is 9.54. The van der Waals surface area contributed by atoms with Gasteiger partial charge in [0.1, 0.15) is 16.8 Å². The molecule has 2 heterocycles. The molecule has 0 aromatic rings. The van der Waals surface area contributed by atoms with Crippen LogP contribution >= 0.6 is 0 Å². The van der Waals surface area contributed by atoms with Gasteiger partial charge >= 0.3 is 5.97 Å².